The van der Waals surface area contributed by atoms with Crippen LogP contribution in [0.1, 0.15) is 31.0 Å². The van der Waals surface area contributed by atoms with Gasteiger partial charge in [0.25, 0.3) is 11.7 Å². The molecule has 3 rings (SSSR count). The monoisotopic (exact) mass is 464 g/mol. The molecule has 1 atom stereocenters. The number of likely N-dealkylation sites (tertiary alicyclic amines) is 1. The van der Waals surface area contributed by atoms with Gasteiger partial charge in [-0.25, -0.2) is 0 Å². The summed E-state index contributed by atoms with van der Waals surface area (Å²) in [4.78, 5) is 30.0. The SMILES string of the molecule is C=CCOc1ccc(/C(O)=C2\C(=O)C(=O)N(CCN(CC)CC)C2c2ccc(OC)cc2)cc1. The molecule has 2 aromatic carbocycles. The Hall–Kier alpha value is -3.58. The maximum atomic E-state index is 13.1. The van der Waals surface area contributed by atoms with Crippen LogP contribution in [0.5, 0.6) is 11.5 Å². The minimum absolute atomic E-state index is 0.0782. The van der Waals surface area contributed by atoms with Gasteiger partial charge in [-0.05, 0) is 55.1 Å². The fourth-order valence-corrected chi connectivity index (χ4v) is 4.05. The van der Waals surface area contributed by atoms with Crippen molar-refractivity contribution < 1.29 is 24.2 Å². The van der Waals surface area contributed by atoms with Gasteiger partial charge in [0, 0.05) is 18.7 Å². The smallest absolute Gasteiger partial charge is 0.295 e. The van der Waals surface area contributed by atoms with Crippen LogP contribution in [0.3, 0.4) is 0 Å². The highest BCUT2D eigenvalue weighted by Gasteiger charge is 2.45. The van der Waals surface area contributed by atoms with Crippen LogP contribution in [0, 0.1) is 0 Å². The number of Topliss-reactive ketones (excluding diaryl/α,β-unsaturated/α-hetero) is 1. The third-order valence-electron chi connectivity index (χ3n) is 6.02. The lowest BCUT2D eigenvalue weighted by molar-refractivity contribution is -0.140. The highest BCUT2D eigenvalue weighted by Crippen LogP contribution is 2.39. The minimum Gasteiger partial charge on any atom is -0.507 e. The van der Waals surface area contributed by atoms with Gasteiger partial charge in [0.1, 0.15) is 23.9 Å². The van der Waals surface area contributed by atoms with E-state index in [1.54, 1.807) is 54.5 Å². The molecule has 0 spiro atoms. The van der Waals surface area contributed by atoms with E-state index in [2.05, 4.69) is 25.3 Å². The first-order chi connectivity index (χ1) is 16.4. The summed E-state index contributed by atoms with van der Waals surface area (Å²) < 4.78 is 10.8. The zero-order valence-corrected chi connectivity index (χ0v) is 20.0. The molecule has 1 aliphatic rings. The molecule has 1 heterocycles. The summed E-state index contributed by atoms with van der Waals surface area (Å²) in [7, 11) is 1.58. The maximum absolute atomic E-state index is 13.1. The number of benzene rings is 2. The topological polar surface area (TPSA) is 79.3 Å². The molecular formula is C27H32N2O5. The molecule has 0 saturated carbocycles. The normalized spacial score (nSPS) is 17.3. The minimum atomic E-state index is -0.696. The lowest BCUT2D eigenvalue weighted by Crippen LogP contribution is -2.38. The third kappa shape index (κ3) is 5.31. The van der Waals surface area contributed by atoms with Gasteiger partial charge in [-0.1, -0.05) is 38.6 Å². The number of hydrogen-bond acceptors (Lipinski definition) is 6. The van der Waals surface area contributed by atoms with Crippen LogP contribution in [0.4, 0.5) is 0 Å². The summed E-state index contributed by atoms with van der Waals surface area (Å²) in [5, 5.41) is 11.2. The van der Waals surface area contributed by atoms with Gasteiger partial charge in [-0.3, -0.25) is 9.59 Å². The lowest BCUT2D eigenvalue weighted by Gasteiger charge is -2.28. The number of methoxy groups -OCH3 is 1. The number of ketones is 1. The van der Waals surface area contributed by atoms with Crippen LogP contribution in [-0.2, 0) is 9.59 Å². The Morgan fingerprint density at radius 2 is 1.68 bits per heavy atom. The summed E-state index contributed by atoms with van der Waals surface area (Å²) in [6.45, 7) is 10.8. The predicted octanol–water partition coefficient (Wildman–Crippen LogP) is 4.02. The summed E-state index contributed by atoms with van der Waals surface area (Å²) in [6, 6.07) is 13.3. The van der Waals surface area contributed by atoms with Crippen molar-refractivity contribution >= 4 is 17.4 Å². The summed E-state index contributed by atoms with van der Waals surface area (Å²) in [5.41, 5.74) is 1.24. The molecule has 34 heavy (non-hydrogen) atoms. The second-order valence-electron chi connectivity index (χ2n) is 7.92. The standard InChI is InChI=1S/C27H32N2O5/c1-5-18-34-22-14-10-20(11-15-22)25(30)23-24(19-8-12-21(33-4)13-9-19)29(27(32)26(23)31)17-16-28(6-2)7-3/h5,8-15,24,30H,1,6-7,16-18H2,2-4H3/b25-23+. The van der Waals surface area contributed by atoms with Gasteiger partial charge >= 0.3 is 0 Å². The Morgan fingerprint density at radius 1 is 1.06 bits per heavy atom. The molecule has 7 heteroatoms. The molecule has 0 radical (unpaired) electrons. The van der Waals surface area contributed by atoms with E-state index in [-0.39, 0.29) is 11.3 Å². The predicted molar refractivity (Wildman–Crippen MR) is 132 cm³/mol. The molecule has 1 fully saturated rings. The number of ether oxygens (including phenoxy) is 2. The van der Waals surface area contributed by atoms with Crippen LogP contribution >= 0.6 is 0 Å². The van der Waals surface area contributed by atoms with E-state index in [1.807, 2.05) is 12.1 Å². The lowest BCUT2D eigenvalue weighted by atomic mass is 9.95. The number of rotatable bonds is 11. The van der Waals surface area contributed by atoms with Crippen LogP contribution in [0.2, 0.25) is 0 Å². The molecule has 1 aliphatic heterocycles. The summed E-state index contributed by atoms with van der Waals surface area (Å²) >= 11 is 0. The van der Waals surface area contributed by atoms with Crippen molar-refractivity contribution in [3.8, 4) is 11.5 Å². The highest BCUT2D eigenvalue weighted by molar-refractivity contribution is 6.46. The Bertz CT molecular complexity index is 1040. The van der Waals surface area contributed by atoms with Crippen molar-refractivity contribution in [2.24, 2.45) is 0 Å². The Morgan fingerprint density at radius 3 is 2.24 bits per heavy atom. The molecule has 0 aromatic heterocycles. The Labute approximate surface area is 200 Å². The first kappa shape index (κ1) is 25.1. The van der Waals surface area contributed by atoms with Gasteiger partial charge in [0.2, 0.25) is 0 Å². The van der Waals surface area contributed by atoms with Crippen LogP contribution in [-0.4, -0.2) is 66.5 Å². The van der Waals surface area contributed by atoms with E-state index in [4.69, 9.17) is 9.47 Å². The number of aliphatic hydroxyl groups excluding tert-OH is 1. The van der Waals surface area contributed by atoms with Gasteiger partial charge in [0.05, 0.1) is 18.7 Å². The van der Waals surface area contributed by atoms with Crippen molar-refractivity contribution in [3.63, 3.8) is 0 Å². The largest absolute Gasteiger partial charge is 0.507 e. The van der Waals surface area contributed by atoms with Crippen molar-refractivity contribution in [1.29, 1.82) is 0 Å². The summed E-state index contributed by atoms with van der Waals surface area (Å²) in [5.74, 6) is -0.230. The first-order valence-electron chi connectivity index (χ1n) is 11.4. The number of carbonyl (C=O) groups excluding carboxylic acids is 2. The second kappa shape index (κ2) is 11.5. The summed E-state index contributed by atoms with van der Waals surface area (Å²) in [6.07, 6.45) is 1.64. The fraction of sp³-hybridized carbons (Fsp3) is 0.333. The van der Waals surface area contributed by atoms with Crippen LogP contribution in [0.25, 0.3) is 5.76 Å². The molecule has 180 valence electrons. The van der Waals surface area contributed by atoms with Crippen molar-refractivity contribution in [2.45, 2.75) is 19.9 Å². The molecule has 0 aliphatic carbocycles. The maximum Gasteiger partial charge on any atom is 0.295 e. The van der Waals surface area contributed by atoms with Crippen LogP contribution in [0.15, 0.2) is 66.8 Å². The quantitative estimate of drug-likeness (QED) is 0.234. The average Bonchev–Trinajstić information content (AvgIpc) is 3.13. The van der Waals surface area contributed by atoms with Gasteiger partial charge in [0.15, 0.2) is 0 Å². The molecule has 7 nitrogen and oxygen atoms in total. The van der Waals surface area contributed by atoms with E-state index in [0.717, 1.165) is 18.7 Å². The first-order valence-corrected chi connectivity index (χ1v) is 11.4. The van der Waals surface area contributed by atoms with E-state index in [9.17, 15) is 14.7 Å². The zero-order chi connectivity index (χ0) is 24.7. The Kier molecular flexibility index (Phi) is 8.49. The molecule has 2 aromatic rings. The number of carbonyl (C=O) groups is 2. The average molecular weight is 465 g/mol. The third-order valence-corrected chi connectivity index (χ3v) is 6.02. The van der Waals surface area contributed by atoms with Crippen molar-refractivity contribution in [3.05, 3.63) is 77.9 Å². The number of hydrogen-bond donors (Lipinski definition) is 1. The molecule has 1 amide bonds. The van der Waals surface area contributed by atoms with Gasteiger partial charge in [-0.15, -0.1) is 0 Å². The fourth-order valence-electron chi connectivity index (χ4n) is 4.05. The Balaban J connectivity index is 2.03. The number of amides is 1. The van der Waals surface area contributed by atoms with E-state index < -0.39 is 17.7 Å². The second-order valence-corrected chi connectivity index (χ2v) is 7.92. The van der Waals surface area contributed by atoms with E-state index in [0.29, 0.717) is 36.8 Å². The van der Waals surface area contributed by atoms with Gasteiger partial charge < -0.3 is 24.4 Å². The molecule has 1 saturated heterocycles. The molecule has 1 N–H and O–H groups in total. The molecule has 1 unspecified atom stereocenters. The zero-order valence-electron chi connectivity index (χ0n) is 20.0. The number of nitrogens with zero attached hydrogens (tertiary/aromatic N) is 2. The van der Waals surface area contributed by atoms with Crippen molar-refractivity contribution in [1.82, 2.24) is 9.80 Å². The number of likely N-dealkylation sites (N-methyl/N-ethyl adjacent to an activating group) is 1. The molecular weight excluding hydrogens is 432 g/mol. The van der Waals surface area contributed by atoms with E-state index in [1.165, 1.54) is 0 Å². The van der Waals surface area contributed by atoms with E-state index >= 15 is 0 Å². The van der Waals surface area contributed by atoms with Gasteiger partial charge in [-0.2, -0.15) is 0 Å². The molecule has 0 bridgehead atoms. The number of aliphatic hydroxyl groups is 1. The highest BCUT2D eigenvalue weighted by atomic mass is 16.5. The van der Waals surface area contributed by atoms with Crippen molar-refractivity contribution in [2.75, 3.05) is 39.9 Å². The van der Waals surface area contributed by atoms with Crippen LogP contribution < -0.4 is 9.47 Å².